The minimum absolute atomic E-state index is 0.132. The Kier molecular flexibility index (Phi) is 4.37. The van der Waals surface area contributed by atoms with Crippen molar-refractivity contribution in [3.05, 3.63) is 48.0 Å². The van der Waals surface area contributed by atoms with Gasteiger partial charge in [-0.1, -0.05) is 24.3 Å². The summed E-state index contributed by atoms with van der Waals surface area (Å²) >= 11 is 0. The molecular formula is C15H18N2O3S. The number of para-hydroxylation sites is 2. The van der Waals surface area contributed by atoms with Crippen LogP contribution in [0.25, 0.3) is 0 Å². The Labute approximate surface area is 124 Å². The fourth-order valence-electron chi connectivity index (χ4n) is 2.06. The number of methoxy groups -OCH3 is 1. The van der Waals surface area contributed by atoms with Gasteiger partial charge in [-0.05, 0) is 18.2 Å². The molecule has 112 valence electrons. The molecule has 2 rings (SSSR count). The zero-order chi connectivity index (χ0) is 15.5. The highest BCUT2D eigenvalue weighted by Gasteiger charge is 2.14. The standard InChI is InChI=1S/C15H18N2O3S/c1-20-13-8-4-3-6-11(13)10-17-12-7-5-9-14(15(12)16)21(2,18)19/h3-9,17H,10,16H2,1-2H3. The number of ether oxygens (including phenoxy) is 1. The van der Waals surface area contributed by atoms with Gasteiger partial charge in [0.25, 0.3) is 0 Å². The fourth-order valence-corrected chi connectivity index (χ4v) is 2.90. The van der Waals surface area contributed by atoms with Crippen LogP contribution in [0.15, 0.2) is 47.4 Å². The van der Waals surface area contributed by atoms with Crippen LogP contribution >= 0.6 is 0 Å². The average Bonchev–Trinajstić information content (AvgIpc) is 2.45. The van der Waals surface area contributed by atoms with Crippen molar-refractivity contribution in [2.75, 3.05) is 24.4 Å². The summed E-state index contributed by atoms with van der Waals surface area (Å²) in [6, 6.07) is 12.5. The molecule has 3 N–H and O–H groups in total. The SMILES string of the molecule is COc1ccccc1CNc1cccc(S(C)(=O)=O)c1N. The van der Waals surface area contributed by atoms with Gasteiger partial charge in [0.2, 0.25) is 0 Å². The van der Waals surface area contributed by atoms with Gasteiger partial charge >= 0.3 is 0 Å². The summed E-state index contributed by atoms with van der Waals surface area (Å²) in [7, 11) is -1.73. The van der Waals surface area contributed by atoms with E-state index in [0.717, 1.165) is 17.6 Å². The van der Waals surface area contributed by atoms with E-state index < -0.39 is 9.84 Å². The highest BCUT2D eigenvalue weighted by atomic mass is 32.2. The van der Waals surface area contributed by atoms with Gasteiger partial charge in [0.1, 0.15) is 5.75 Å². The van der Waals surface area contributed by atoms with Crippen molar-refractivity contribution in [3.8, 4) is 5.75 Å². The molecule has 2 aromatic rings. The van der Waals surface area contributed by atoms with E-state index in [2.05, 4.69) is 5.32 Å². The molecule has 0 aliphatic rings. The van der Waals surface area contributed by atoms with Crippen LogP contribution in [-0.2, 0) is 16.4 Å². The van der Waals surface area contributed by atoms with E-state index in [9.17, 15) is 8.42 Å². The van der Waals surface area contributed by atoms with Crippen molar-refractivity contribution in [1.82, 2.24) is 0 Å². The predicted molar refractivity (Wildman–Crippen MR) is 84.3 cm³/mol. The number of nitrogens with two attached hydrogens (primary N) is 1. The van der Waals surface area contributed by atoms with Crippen LogP contribution in [0.3, 0.4) is 0 Å². The van der Waals surface area contributed by atoms with Crippen molar-refractivity contribution in [3.63, 3.8) is 0 Å². The number of hydrogen-bond donors (Lipinski definition) is 2. The summed E-state index contributed by atoms with van der Waals surface area (Å²) in [5.41, 5.74) is 7.71. The smallest absolute Gasteiger partial charge is 0.177 e. The number of hydrogen-bond acceptors (Lipinski definition) is 5. The van der Waals surface area contributed by atoms with E-state index in [1.54, 1.807) is 19.2 Å². The minimum Gasteiger partial charge on any atom is -0.496 e. The molecule has 0 atom stereocenters. The normalized spacial score (nSPS) is 11.1. The van der Waals surface area contributed by atoms with Crippen LogP contribution in [0.4, 0.5) is 11.4 Å². The van der Waals surface area contributed by atoms with Crippen molar-refractivity contribution < 1.29 is 13.2 Å². The van der Waals surface area contributed by atoms with Gasteiger partial charge in [-0.2, -0.15) is 0 Å². The number of benzene rings is 2. The maximum absolute atomic E-state index is 11.7. The molecule has 0 aromatic heterocycles. The van der Waals surface area contributed by atoms with Gasteiger partial charge in [0, 0.05) is 18.4 Å². The van der Waals surface area contributed by atoms with Crippen molar-refractivity contribution in [2.45, 2.75) is 11.4 Å². The molecule has 0 saturated heterocycles. The maximum atomic E-state index is 11.7. The lowest BCUT2D eigenvalue weighted by molar-refractivity contribution is 0.410. The van der Waals surface area contributed by atoms with Gasteiger partial charge < -0.3 is 15.8 Å². The second-order valence-corrected chi connectivity index (χ2v) is 6.64. The lowest BCUT2D eigenvalue weighted by Crippen LogP contribution is -2.08. The van der Waals surface area contributed by atoms with E-state index >= 15 is 0 Å². The average molecular weight is 306 g/mol. The third kappa shape index (κ3) is 3.46. The molecule has 0 unspecified atom stereocenters. The van der Waals surface area contributed by atoms with Gasteiger partial charge in [0.15, 0.2) is 9.84 Å². The third-order valence-corrected chi connectivity index (χ3v) is 4.28. The lowest BCUT2D eigenvalue weighted by atomic mass is 10.2. The summed E-state index contributed by atoms with van der Waals surface area (Å²) < 4.78 is 28.6. The zero-order valence-electron chi connectivity index (χ0n) is 12.0. The molecule has 0 aliphatic carbocycles. The summed E-state index contributed by atoms with van der Waals surface area (Å²) in [5.74, 6) is 0.767. The van der Waals surface area contributed by atoms with Crippen LogP contribution in [0.2, 0.25) is 0 Å². The molecule has 0 aliphatic heterocycles. The summed E-state index contributed by atoms with van der Waals surface area (Å²) in [4.78, 5) is 0.132. The first-order chi connectivity index (χ1) is 9.93. The molecule has 0 saturated carbocycles. The van der Waals surface area contributed by atoms with E-state index in [1.807, 2.05) is 24.3 Å². The monoisotopic (exact) mass is 306 g/mol. The van der Waals surface area contributed by atoms with Gasteiger partial charge in [-0.15, -0.1) is 0 Å². The maximum Gasteiger partial charge on any atom is 0.177 e. The van der Waals surface area contributed by atoms with Crippen LogP contribution in [0.5, 0.6) is 5.75 Å². The Morgan fingerprint density at radius 3 is 2.52 bits per heavy atom. The first-order valence-electron chi connectivity index (χ1n) is 6.38. The van der Waals surface area contributed by atoms with E-state index in [1.165, 1.54) is 6.07 Å². The van der Waals surface area contributed by atoms with Crippen molar-refractivity contribution in [1.29, 1.82) is 0 Å². The molecule has 6 heteroatoms. The molecule has 0 amide bonds. The van der Waals surface area contributed by atoms with Crippen molar-refractivity contribution >= 4 is 21.2 Å². The Morgan fingerprint density at radius 2 is 1.86 bits per heavy atom. The number of rotatable bonds is 5. The Balaban J connectivity index is 2.25. The summed E-state index contributed by atoms with van der Waals surface area (Å²) in [5, 5.41) is 3.15. The first kappa shape index (κ1) is 15.2. The molecular weight excluding hydrogens is 288 g/mol. The number of sulfone groups is 1. The van der Waals surface area contributed by atoms with Crippen LogP contribution in [0, 0.1) is 0 Å². The van der Waals surface area contributed by atoms with Crippen LogP contribution in [-0.4, -0.2) is 21.8 Å². The highest BCUT2D eigenvalue weighted by Crippen LogP contribution is 2.27. The van der Waals surface area contributed by atoms with Gasteiger partial charge in [0.05, 0.1) is 23.4 Å². The quantitative estimate of drug-likeness (QED) is 0.828. The summed E-state index contributed by atoms with van der Waals surface area (Å²) in [6.45, 7) is 0.488. The van der Waals surface area contributed by atoms with Crippen molar-refractivity contribution in [2.24, 2.45) is 0 Å². The fraction of sp³-hybridized carbons (Fsp3) is 0.200. The molecule has 21 heavy (non-hydrogen) atoms. The molecule has 0 radical (unpaired) electrons. The second kappa shape index (κ2) is 6.05. The van der Waals surface area contributed by atoms with Crippen LogP contribution in [0.1, 0.15) is 5.56 Å². The Bertz CT molecular complexity index is 742. The second-order valence-electron chi connectivity index (χ2n) is 4.65. The Morgan fingerprint density at radius 1 is 1.14 bits per heavy atom. The topological polar surface area (TPSA) is 81.4 Å². The number of nitrogens with one attached hydrogen (secondary N) is 1. The number of nitrogen functional groups attached to an aromatic ring is 1. The molecule has 0 bridgehead atoms. The van der Waals surface area contributed by atoms with E-state index in [0.29, 0.717) is 12.2 Å². The number of anilines is 2. The zero-order valence-corrected chi connectivity index (χ0v) is 12.8. The molecule has 0 heterocycles. The molecule has 5 nitrogen and oxygen atoms in total. The highest BCUT2D eigenvalue weighted by molar-refractivity contribution is 7.90. The minimum atomic E-state index is -3.34. The predicted octanol–water partition coefficient (Wildman–Crippen LogP) is 2.29. The largest absolute Gasteiger partial charge is 0.496 e. The lowest BCUT2D eigenvalue weighted by Gasteiger charge is -2.13. The third-order valence-electron chi connectivity index (χ3n) is 3.13. The van der Waals surface area contributed by atoms with E-state index in [-0.39, 0.29) is 10.6 Å². The first-order valence-corrected chi connectivity index (χ1v) is 8.27. The molecule has 2 aromatic carbocycles. The van der Waals surface area contributed by atoms with Gasteiger partial charge in [-0.25, -0.2) is 8.42 Å². The van der Waals surface area contributed by atoms with E-state index in [4.69, 9.17) is 10.5 Å². The van der Waals surface area contributed by atoms with Gasteiger partial charge in [-0.3, -0.25) is 0 Å². The Hall–Kier alpha value is -2.21. The summed E-state index contributed by atoms with van der Waals surface area (Å²) in [6.07, 6.45) is 1.14. The molecule has 0 fully saturated rings. The van der Waals surface area contributed by atoms with Crippen LogP contribution < -0.4 is 15.8 Å². The molecule has 0 spiro atoms.